The van der Waals surface area contributed by atoms with Crippen LogP contribution in [0.15, 0.2) is 30.6 Å². The van der Waals surface area contributed by atoms with Gasteiger partial charge >= 0.3 is 0 Å². The third-order valence-electron chi connectivity index (χ3n) is 5.61. The monoisotopic (exact) mass is 367 g/mol. The van der Waals surface area contributed by atoms with E-state index < -0.39 is 0 Å². The van der Waals surface area contributed by atoms with Crippen LogP contribution in [0.3, 0.4) is 0 Å². The molecule has 2 fully saturated rings. The number of carbonyl (C=O) groups excluding carboxylic acids is 2. The highest BCUT2D eigenvalue weighted by Crippen LogP contribution is 2.24. The van der Waals surface area contributed by atoms with Crippen molar-refractivity contribution in [3.05, 3.63) is 36.2 Å². The van der Waals surface area contributed by atoms with Gasteiger partial charge in [-0.25, -0.2) is 4.98 Å². The molecule has 4 rings (SSSR count). The predicted octanol–water partition coefficient (Wildman–Crippen LogP) is 2.48. The number of aromatic nitrogens is 3. The Hall–Kier alpha value is -2.70. The number of likely N-dealkylation sites (tertiary alicyclic amines) is 2. The number of amides is 2. The van der Waals surface area contributed by atoms with Crippen molar-refractivity contribution in [2.24, 2.45) is 0 Å². The first-order valence-electron chi connectivity index (χ1n) is 9.77. The zero-order chi connectivity index (χ0) is 18.6. The first-order chi connectivity index (χ1) is 13.2. The zero-order valence-corrected chi connectivity index (χ0v) is 15.4. The van der Waals surface area contributed by atoms with Crippen LogP contribution in [0.1, 0.15) is 48.9 Å². The Kier molecular flexibility index (Phi) is 5.18. The van der Waals surface area contributed by atoms with Crippen molar-refractivity contribution in [3.63, 3.8) is 0 Å². The van der Waals surface area contributed by atoms with Gasteiger partial charge in [-0.2, -0.15) is 5.10 Å². The Labute approximate surface area is 158 Å². The average molecular weight is 367 g/mol. The predicted molar refractivity (Wildman–Crippen MR) is 101 cm³/mol. The van der Waals surface area contributed by atoms with Crippen LogP contribution >= 0.6 is 0 Å². The number of nitrogens with one attached hydrogen (secondary N) is 1. The summed E-state index contributed by atoms with van der Waals surface area (Å²) in [6.07, 6.45) is 7.18. The van der Waals surface area contributed by atoms with E-state index in [1.54, 1.807) is 0 Å². The maximum absolute atomic E-state index is 13.1. The second kappa shape index (κ2) is 7.90. The smallest absolute Gasteiger partial charge is 0.254 e. The molecule has 1 aromatic carbocycles. The van der Waals surface area contributed by atoms with E-state index in [0.717, 1.165) is 57.3 Å². The lowest BCUT2D eigenvalue weighted by molar-refractivity contribution is -0.127. The Morgan fingerprint density at radius 1 is 1.15 bits per heavy atom. The summed E-state index contributed by atoms with van der Waals surface area (Å²) in [5, 5.41) is 6.69. The number of carbonyl (C=O) groups is 2. The number of H-pyrrole nitrogens is 1. The minimum atomic E-state index is 0.0802. The van der Waals surface area contributed by atoms with Gasteiger partial charge in [-0.15, -0.1) is 0 Å². The van der Waals surface area contributed by atoms with E-state index >= 15 is 0 Å². The molecule has 0 aliphatic carbocycles. The summed E-state index contributed by atoms with van der Waals surface area (Å²) in [7, 11) is 0. The van der Waals surface area contributed by atoms with E-state index in [1.807, 2.05) is 34.1 Å². The van der Waals surface area contributed by atoms with Gasteiger partial charge in [0.05, 0.1) is 0 Å². The second-order valence-corrected chi connectivity index (χ2v) is 7.33. The quantitative estimate of drug-likeness (QED) is 0.880. The number of hydrogen-bond donors (Lipinski definition) is 1. The molecule has 0 saturated carbocycles. The first-order valence-corrected chi connectivity index (χ1v) is 9.77. The van der Waals surface area contributed by atoms with Crippen molar-refractivity contribution in [2.75, 3.05) is 19.6 Å². The standard InChI is InChI=1S/C20H25N5O2/c26-18-5-3-11-24(18)13-10-17-4-1-2-12-25(17)20(27)16-8-6-15(7-9-16)19-21-14-22-23-19/h6-9,14,17H,1-5,10-13H2,(H,21,22,23). The van der Waals surface area contributed by atoms with E-state index in [2.05, 4.69) is 15.2 Å². The lowest BCUT2D eigenvalue weighted by Crippen LogP contribution is -2.45. The molecule has 1 atom stereocenters. The third kappa shape index (κ3) is 3.86. The number of aromatic amines is 1. The van der Waals surface area contributed by atoms with Crippen LogP contribution < -0.4 is 0 Å². The Morgan fingerprint density at radius 2 is 2.00 bits per heavy atom. The summed E-state index contributed by atoms with van der Waals surface area (Å²) < 4.78 is 0. The Balaban J connectivity index is 1.43. The van der Waals surface area contributed by atoms with Gasteiger partial charge in [0.15, 0.2) is 5.82 Å². The zero-order valence-electron chi connectivity index (χ0n) is 15.4. The van der Waals surface area contributed by atoms with Crippen LogP contribution in [0.2, 0.25) is 0 Å². The molecule has 7 heteroatoms. The van der Waals surface area contributed by atoms with Crippen LogP contribution in [-0.2, 0) is 4.79 Å². The van der Waals surface area contributed by atoms with E-state index in [0.29, 0.717) is 17.8 Å². The van der Waals surface area contributed by atoms with Crippen LogP contribution in [0.25, 0.3) is 11.4 Å². The SMILES string of the molecule is O=C1CCCN1CCC1CCCCN1C(=O)c1ccc(-c2ncn[nH]2)cc1. The van der Waals surface area contributed by atoms with Gasteiger partial charge in [0.1, 0.15) is 6.33 Å². The van der Waals surface area contributed by atoms with Crippen LogP contribution in [0, 0.1) is 0 Å². The van der Waals surface area contributed by atoms with Crippen LogP contribution in [0.5, 0.6) is 0 Å². The lowest BCUT2D eigenvalue weighted by Gasteiger charge is -2.36. The summed E-state index contributed by atoms with van der Waals surface area (Å²) in [6, 6.07) is 7.73. The summed E-state index contributed by atoms with van der Waals surface area (Å²) in [4.78, 5) is 33.0. The normalized spacial score (nSPS) is 20.3. The second-order valence-electron chi connectivity index (χ2n) is 7.33. The molecule has 7 nitrogen and oxygen atoms in total. The Morgan fingerprint density at radius 3 is 2.70 bits per heavy atom. The average Bonchev–Trinajstić information content (AvgIpc) is 3.38. The van der Waals surface area contributed by atoms with Gasteiger partial charge in [-0.3, -0.25) is 14.7 Å². The molecular weight excluding hydrogens is 342 g/mol. The molecule has 27 heavy (non-hydrogen) atoms. The van der Waals surface area contributed by atoms with Crippen molar-refractivity contribution in [2.45, 2.75) is 44.6 Å². The fourth-order valence-corrected chi connectivity index (χ4v) is 4.09. The van der Waals surface area contributed by atoms with Gasteiger partial charge in [0, 0.05) is 43.2 Å². The number of hydrogen-bond acceptors (Lipinski definition) is 4. The molecule has 1 aromatic heterocycles. The molecule has 0 radical (unpaired) electrons. The Bertz CT molecular complexity index is 787. The van der Waals surface area contributed by atoms with Crippen LogP contribution in [-0.4, -0.2) is 62.5 Å². The van der Waals surface area contributed by atoms with E-state index in [-0.39, 0.29) is 17.9 Å². The summed E-state index contributed by atoms with van der Waals surface area (Å²) in [5.41, 5.74) is 1.61. The minimum Gasteiger partial charge on any atom is -0.343 e. The van der Waals surface area contributed by atoms with E-state index in [1.165, 1.54) is 6.33 Å². The van der Waals surface area contributed by atoms with Crippen molar-refractivity contribution in [1.29, 1.82) is 0 Å². The molecule has 0 bridgehead atoms. The minimum absolute atomic E-state index is 0.0802. The summed E-state index contributed by atoms with van der Waals surface area (Å²) in [6.45, 7) is 2.42. The fourth-order valence-electron chi connectivity index (χ4n) is 4.09. The van der Waals surface area contributed by atoms with Gasteiger partial charge in [0.2, 0.25) is 5.91 Å². The van der Waals surface area contributed by atoms with Crippen molar-refractivity contribution >= 4 is 11.8 Å². The molecule has 3 heterocycles. The number of benzene rings is 1. The van der Waals surface area contributed by atoms with Crippen molar-refractivity contribution in [3.8, 4) is 11.4 Å². The molecule has 1 N–H and O–H groups in total. The molecule has 2 aromatic rings. The highest BCUT2D eigenvalue weighted by Gasteiger charge is 2.29. The maximum Gasteiger partial charge on any atom is 0.254 e. The van der Waals surface area contributed by atoms with Crippen molar-refractivity contribution in [1.82, 2.24) is 25.0 Å². The maximum atomic E-state index is 13.1. The summed E-state index contributed by atoms with van der Waals surface area (Å²) in [5.74, 6) is 1.03. The molecule has 2 amide bonds. The molecule has 142 valence electrons. The lowest BCUT2D eigenvalue weighted by atomic mass is 9.97. The fraction of sp³-hybridized carbons (Fsp3) is 0.500. The molecule has 1 unspecified atom stereocenters. The van der Waals surface area contributed by atoms with Gasteiger partial charge in [-0.1, -0.05) is 12.1 Å². The molecule has 0 spiro atoms. The van der Waals surface area contributed by atoms with Gasteiger partial charge < -0.3 is 9.80 Å². The first kappa shape index (κ1) is 17.7. The number of piperidine rings is 1. The van der Waals surface area contributed by atoms with E-state index in [4.69, 9.17) is 0 Å². The third-order valence-corrected chi connectivity index (χ3v) is 5.61. The van der Waals surface area contributed by atoms with Gasteiger partial charge in [0.25, 0.3) is 5.91 Å². The highest BCUT2D eigenvalue weighted by atomic mass is 16.2. The van der Waals surface area contributed by atoms with E-state index in [9.17, 15) is 9.59 Å². The molecular formula is C20H25N5O2. The summed E-state index contributed by atoms with van der Waals surface area (Å²) >= 11 is 0. The largest absolute Gasteiger partial charge is 0.343 e. The topological polar surface area (TPSA) is 82.2 Å². The number of nitrogens with zero attached hydrogens (tertiary/aromatic N) is 4. The van der Waals surface area contributed by atoms with Gasteiger partial charge in [-0.05, 0) is 44.2 Å². The number of rotatable bonds is 5. The van der Waals surface area contributed by atoms with Crippen molar-refractivity contribution < 1.29 is 9.59 Å². The molecule has 2 aliphatic heterocycles. The highest BCUT2D eigenvalue weighted by molar-refractivity contribution is 5.95. The molecule has 2 saturated heterocycles. The molecule has 2 aliphatic rings. The van der Waals surface area contributed by atoms with Crippen LogP contribution in [0.4, 0.5) is 0 Å².